The number of carboxylic acids is 1. The summed E-state index contributed by atoms with van der Waals surface area (Å²) in [4.78, 5) is 21.0. The molecule has 1 atom stereocenters. The summed E-state index contributed by atoms with van der Waals surface area (Å²) in [6.45, 7) is 0.852. The quantitative estimate of drug-likeness (QED) is 0.331. The predicted molar refractivity (Wildman–Crippen MR) is 53.0 cm³/mol. The lowest BCUT2D eigenvalue weighted by Gasteiger charge is -2.24. The summed E-state index contributed by atoms with van der Waals surface area (Å²) in [5, 5.41) is 10.6. The molecule has 0 spiro atoms. The smallest absolute Gasteiger partial charge is 0.354 e. The van der Waals surface area contributed by atoms with Crippen LogP contribution in [0.2, 0.25) is 0 Å². The number of nitrogens with two attached hydrogens (primary N) is 1. The Kier molecular flexibility index (Phi) is 7.87. The average molecular weight is 256 g/mol. The van der Waals surface area contributed by atoms with Crippen molar-refractivity contribution in [2.24, 2.45) is 5.73 Å². The van der Waals surface area contributed by atoms with Crippen molar-refractivity contribution in [3.63, 3.8) is 0 Å². The number of likely N-dealkylation sites (N-methyl/N-ethyl adjacent to an activating group) is 1. The van der Waals surface area contributed by atoms with Gasteiger partial charge in [0.2, 0.25) is 6.23 Å². The molecule has 0 aliphatic rings. The van der Waals surface area contributed by atoms with Gasteiger partial charge in [0, 0.05) is 0 Å². The molecule has 0 aromatic heterocycles. The van der Waals surface area contributed by atoms with E-state index in [2.05, 4.69) is 0 Å². The molecule has 8 heteroatoms. The first kappa shape index (κ1) is 17.3. The van der Waals surface area contributed by atoms with E-state index in [1.807, 2.05) is 26.5 Å². The van der Waals surface area contributed by atoms with Crippen molar-refractivity contribution in [1.29, 1.82) is 0 Å². The Labute approximate surface area is 101 Å². The number of rotatable bonds is 6. The molecule has 0 heterocycles. The van der Waals surface area contributed by atoms with Crippen LogP contribution in [-0.4, -0.2) is 62.1 Å². The lowest BCUT2D eigenvalue weighted by atomic mass is 10.5. The minimum absolute atomic E-state index is 0. The Balaban J connectivity index is 0. The van der Waals surface area contributed by atoms with E-state index < -0.39 is 18.2 Å². The topological polar surface area (TPSA) is 102 Å². The molecule has 0 fully saturated rings. The first-order chi connectivity index (χ1) is 6.72. The number of nitrogens with zero attached hydrogens (tertiary/aromatic N) is 1. The van der Waals surface area contributed by atoms with E-state index in [4.69, 9.17) is 15.6 Å². The number of hydrogen-bond donors (Lipinski definition) is 3. The molecule has 4 N–H and O–H groups in total. The Morgan fingerprint density at radius 1 is 1.44 bits per heavy atom. The van der Waals surface area contributed by atoms with Crippen LogP contribution in [0.5, 0.6) is 0 Å². The summed E-state index contributed by atoms with van der Waals surface area (Å²) >= 11 is 0. The molecule has 0 rings (SSSR count). The third-order valence-corrected chi connectivity index (χ3v) is 1.54. The van der Waals surface area contributed by atoms with Crippen molar-refractivity contribution in [3.8, 4) is 0 Å². The number of nitrogens with one attached hydrogen (secondary N) is 1. The SMILES string of the molecule is C[N+](C)(C)CCOC(NC(N)=O)C(=O)O.[Cl-]. The van der Waals surface area contributed by atoms with Gasteiger partial charge in [0.25, 0.3) is 0 Å². The summed E-state index contributed by atoms with van der Waals surface area (Å²) in [5.74, 6) is -1.27. The highest BCUT2D eigenvalue weighted by Gasteiger charge is 2.20. The van der Waals surface area contributed by atoms with E-state index in [1.165, 1.54) is 0 Å². The lowest BCUT2D eigenvalue weighted by Crippen LogP contribution is -3.00. The maximum atomic E-state index is 10.6. The fourth-order valence-corrected chi connectivity index (χ4v) is 0.748. The zero-order chi connectivity index (χ0) is 12.1. The number of amides is 2. The molecular weight excluding hydrogens is 238 g/mol. The zero-order valence-corrected chi connectivity index (χ0v) is 10.3. The zero-order valence-electron chi connectivity index (χ0n) is 9.57. The summed E-state index contributed by atoms with van der Waals surface area (Å²) in [5.41, 5.74) is 4.79. The van der Waals surface area contributed by atoms with Crippen LogP contribution < -0.4 is 23.5 Å². The molecule has 16 heavy (non-hydrogen) atoms. The van der Waals surface area contributed by atoms with Crippen molar-refractivity contribution in [2.75, 3.05) is 34.3 Å². The molecule has 0 saturated heterocycles. The van der Waals surface area contributed by atoms with Crippen molar-refractivity contribution in [2.45, 2.75) is 6.23 Å². The van der Waals surface area contributed by atoms with Gasteiger partial charge in [-0.2, -0.15) is 0 Å². The second-order valence-electron chi connectivity index (χ2n) is 4.11. The highest BCUT2D eigenvalue weighted by atomic mass is 35.5. The number of aliphatic carboxylic acids is 1. The number of ether oxygens (including phenoxy) is 1. The fourth-order valence-electron chi connectivity index (χ4n) is 0.748. The Morgan fingerprint density at radius 3 is 2.25 bits per heavy atom. The van der Waals surface area contributed by atoms with Crippen LogP contribution in [0.3, 0.4) is 0 Å². The highest BCUT2D eigenvalue weighted by molar-refractivity contribution is 5.80. The molecule has 96 valence electrons. The number of quaternary nitrogens is 1. The maximum absolute atomic E-state index is 10.6. The number of carbonyl (C=O) groups is 2. The maximum Gasteiger partial charge on any atom is 0.354 e. The lowest BCUT2D eigenvalue weighted by molar-refractivity contribution is -0.870. The van der Waals surface area contributed by atoms with Crippen LogP contribution in [0.1, 0.15) is 0 Å². The van der Waals surface area contributed by atoms with Gasteiger partial charge in [-0.15, -0.1) is 0 Å². The van der Waals surface area contributed by atoms with Crippen LogP contribution in [0.25, 0.3) is 0 Å². The van der Waals surface area contributed by atoms with Gasteiger partial charge in [-0.05, 0) is 0 Å². The number of carboxylic acid groups (broad SMARTS) is 1. The van der Waals surface area contributed by atoms with Crippen molar-refractivity contribution in [3.05, 3.63) is 0 Å². The average Bonchev–Trinajstić information content (AvgIpc) is 1.99. The predicted octanol–water partition coefficient (Wildman–Crippen LogP) is -4.21. The fraction of sp³-hybridized carbons (Fsp3) is 0.750. The molecule has 0 radical (unpaired) electrons. The molecule has 2 amide bonds. The van der Waals surface area contributed by atoms with Gasteiger partial charge in [0.05, 0.1) is 27.7 Å². The molecule has 0 aromatic carbocycles. The largest absolute Gasteiger partial charge is 1.00 e. The van der Waals surface area contributed by atoms with Gasteiger partial charge in [-0.3, -0.25) is 0 Å². The second kappa shape index (κ2) is 7.26. The first-order valence-electron chi connectivity index (χ1n) is 4.43. The number of primary amides is 1. The van der Waals surface area contributed by atoms with Gasteiger partial charge in [0.1, 0.15) is 6.54 Å². The number of carbonyl (C=O) groups excluding carboxylic acids is 1. The van der Waals surface area contributed by atoms with Crippen LogP contribution in [0, 0.1) is 0 Å². The molecule has 0 aliphatic heterocycles. The van der Waals surface area contributed by atoms with Gasteiger partial charge >= 0.3 is 12.0 Å². The summed E-state index contributed by atoms with van der Waals surface area (Å²) in [6.07, 6.45) is -1.38. The third kappa shape index (κ3) is 9.50. The molecule has 0 aliphatic carbocycles. The molecule has 0 saturated carbocycles. The van der Waals surface area contributed by atoms with E-state index in [0.717, 1.165) is 0 Å². The van der Waals surface area contributed by atoms with Gasteiger partial charge < -0.3 is 37.8 Å². The van der Waals surface area contributed by atoms with E-state index in [9.17, 15) is 9.59 Å². The highest BCUT2D eigenvalue weighted by Crippen LogP contribution is 1.93. The molecule has 7 nitrogen and oxygen atoms in total. The standard InChI is InChI=1S/C8H17N3O4.ClH/c1-11(2,3)4-5-15-6(7(12)13)10-8(9)14;/h6H,4-5H2,1-3H3,(H3-,9,10,12,13,14);1H. The minimum Gasteiger partial charge on any atom is -1.00 e. The van der Waals surface area contributed by atoms with E-state index >= 15 is 0 Å². The van der Waals surface area contributed by atoms with Crippen molar-refractivity contribution >= 4 is 12.0 Å². The normalized spacial score (nSPS) is 12.4. The summed E-state index contributed by atoms with van der Waals surface area (Å²) < 4.78 is 5.61. The van der Waals surface area contributed by atoms with Crippen LogP contribution >= 0.6 is 0 Å². The van der Waals surface area contributed by atoms with E-state index in [-0.39, 0.29) is 19.0 Å². The van der Waals surface area contributed by atoms with E-state index in [1.54, 1.807) is 0 Å². The monoisotopic (exact) mass is 255 g/mol. The minimum atomic E-state index is -1.38. The van der Waals surface area contributed by atoms with Gasteiger partial charge in [-0.25, -0.2) is 9.59 Å². The molecule has 0 aromatic rings. The van der Waals surface area contributed by atoms with Crippen molar-refractivity contribution in [1.82, 2.24) is 5.32 Å². The molecule has 0 bridgehead atoms. The summed E-state index contributed by atoms with van der Waals surface area (Å²) in [6, 6.07) is -0.923. The Morgan fingerprint density at radius 2 is 1.94 bits per heavy atom. The Bertz CT molecular complexity index is 242. The Hall–Kier alpha value is -1.05. The number of halogens is 1. The van der Waals surface area contributed by atoms with Crippen molar-refractivity contribution < 1.29 is 36.3 Å². The van der Waals surface area contributed by atoms with E-state index in [0.29, 0.717) is 11.0 Å². The van der Waals surface area contributed by atoms with Crippen LogP contribution in [-0.2, 0) is 9.53 Å². The summed E-state index contributed by atoms with van der Waals surface area (Å²) in [7, 11) is 5.84. The number of hydrogen-bond acceptors (Lipinski definition) is 3. The molecule has 1 unspecified atom stereocenters. The van der Waals surface area contributed by atoms with Gasteiger partial charge in [0.15, 0.2) is 0 Å². The van der Waals surface area contributed by atoms with Gasteiger partial charge in [-0.1, -0.05) is 0 Å². The number of urea groups is 1. The second-order valence-corrected chi connectivity index (χ2v) is 4.11. The first-order valence-corrected chi connectivity index (χ1v) is 4.43. The van der Waals surface area contributed by atoms with Crippen LogP contribution in [0.15, 0.2) is 0 Å². The van der Waals surface area contributed by atoms with Crippen LogP contribution in [0.4, 0.5) is 4.79 Å². The molecular formula is C8H18ClN3O4. The third-order valence-electron chi connectivity index (χ3n) is 1.54.